The first-order valence-electron chi connectivity index (χ1n) is 6.17. The van der Waals surface area contributed by atoms with Gasteiger partial charge in [-0.25, -0.2) is 0 Å². The van der Waals surface area contributed by atoms with E-state index in [1.54, 1.807) is 12.1 Å². The van der Waals surface area contributed by atoms with E-state index >= 15 is 0 Å². The zero-order valence-corrected chi connectivity index (χ0v) is 11.0. The molecule has 1 aromatic rings. The number of nitrogens with two attached hydrogens (primary N) is 1. The van der Waals surface area contributed by atoms with Gasteiger partial charge in [-0.3, -0.25) is 4.79 Å². The molecule has 1 fully saturated rings. The number of carbonyl (C=O) groups is 1. The summed E-state index contributed by atoms with van der Waals surface area (Å²) in [5.74, 6) is -0.0106. The van der Waals surface area contributed by atoms with Crippen LogP contribution in [0.3, 0.4) is 0 Å². The van der Waals surface area contributed by atoms with Crippen LogP contribution in [0.15, 0.2) is 24.3 Å². The largest absolute Gasteiger partial charge is 0.326 e. The number of anilines is 1. The highest BCUT2D eigenvalue weighted by atomic mass is 35.5. The van der Waals surface area contributed by atoms with Gasteiger partial charge in [0.25, 0.3) is 0 Å². The highest BCUT2D eigenvalue weighted by molar-refractivity contribution is 6.33. The lowest BCUT2D eigenvalue weighted by atomic mass is 10.3. The smallest absolute Gasteiger partial charge is 0.225 e. The van der Waals surface area contributed by atoms with E-state index in [9.17, 15) is 4.79 Å². The maximum Gasteiger partial charge on any atom is 0.225 e. The molecule has 98 valence electrons. The summed E-state index contributed by atoms with van der Waals surface area (Å²) in [4.78, 5) is 14.0. The van der Waals surface area contributed by atoms with E-state index < -0.39 is 0 Å². The Bertz CT molecular complexity index is 424. The van der Waals surface area contributed by atoms with Crippen molar-refractivity contribution in [3.05, 3.63) is 29.3 Å². The van der Waals surface area contributed by atoms with Gasteiger partial charge < -0.3 is 16.0 Å². The molecule has 1 atom stereocenters. The number of benzene rings is 1. The number of carbonyl (C=O) groups excluding carboxylic acids is 1. The fraction of sp³-hybridized carbons (Fsp3) is 0.462. The summed E-state index contributed by atoms with van der Waals surface area (Å²) in [6.07, 6.45) is 1.49. The van der Waals surface area contributed by atoms with Crippen molar-refractivity contribution in [3.8, 4) is 0 Å². The summed E-state index contributed by atoms with van der Waals surface area (Å²) in [7, 11) is 0. The third kappa shape index (κ3) is 3.70. The van der Waals surface area contributed by atoms with Gasteiger partial charge >= 0.3 is 0 Å². The lowest BCUT2D eigenvalue weighted by Gasteiger charge is -2.14. The highest BCUT2D eigenvalue weighted by Crippen LogP contribution is 2.20. The molecule has 4 nitrogen and oxygen atoms in total. The van der Waals surface area contributed by atoms with Crippen LogP contribution in [0.4, 0.5) is 5.69 Å². The minimum Gasteiger partial charge on any atom is -0.326 e. The Morgan fingerprint density at radius 1 is 1.50 bits per heavy atom. The lowest BCUT2D eigenvalue weighted by molar-refractivity contribution is -0.116. The molecular weight excluding hydrogens is 250 g/mol. The van der Waals surface area contributed by atoms with Crippen molar-refractivity contribution in [3.63, 3.8) is 0 Å². The van der Waals surface area contributed by atoms with Crippen LogP contribution in [0.1, 0.15) is 12.8 Å². The molecule has 1 saturated heterocycles. The van der Waals surface area contributed by atoms with Gasteiger partial charge in [-0.05, 0) is 25.1 Å². The molecule has 0 spiro atoms. The van der Waals surface area contributed by atoms with Gasteiger partial charge in [-0.2, -0.15) is 0 Å². The molecule has 0 bridgehead atoms. The standard InChI is InChI=1S/C13H18ClN3O/c14-11-3-1-2-4-12(11)16-13(18)6-8-17-7-5-10(15)9-17/h1-4,10H,5-9,15H2,(H,16,18)/t10-/m1/s1. The van der Waals surface area contributed by atoms with Gasteiger partial charge in [0.15, 0.2) is 0 Å². The zero-order valence-electron chi connectivity index (χ0n) is 10.2. The van der Waals surface area contributed by atoms with Crippen molar-refractivity contribution in [2.24, 2.45) is 5.73 Å². The molecule has 3 N–H and O–H groups in total. The second-order valence-corrected chi connectivity index (χ2v) is 5.03. The molecule has 0 aromatic heterocycles. The predicted molar refractivity (Wildman–Crippen MR) is 73.7 cm³/mol. The minimum atomic E-state index is -0.0106. The Kier molecular flexibility index (Phi) is 4.58. The average molecular weight is 268 g/mol. The van der Waals surface area contributed by atoms with Crippen molar-refractivity contribution in [1.29, 1.82) is 0 Å². The Hall–Kier alpha value is -1.10. The second-order valence-electron chi connectivity index (χ2n) is 4.63. The normalized spacial score (nSPS) is 20.0. The van der Waals surface area contributed by atoms with Crippen LogP contribution >= 0.6 is 11.6 Å². The monoisotopic (exact) mass is 267 g/mol. The molecule has 1 aromatic carbocycles. The second kappa shape index (κ2) is 6.18. The number of rotatable bonds is 4. The third-order valence-corrected chi connectivity index (χ3v) is 3.44. The number of para-hydroxylation sites is 1. The Morgan fingerprint density at radius 3 is 2.94 bits per heavy atom. The van der Waals surface area contributed by atoms with Crippen LogP contribution < -0.4 is 11.1 Å². The first kappa shape index (κ1) is 13.3. The maximum atomic E-state index is 11.8. The van der Waals surface area contributed by atoms with Crippen molar-refractivity contribution in [2.75, 3.05) is 25.0 Å². The number of hydrogen-bond donors (Lipinski definition) is 2. The number of hydrogen-bond acceptors (Lipinski definition) is 3. The van der Waals surface area contributed by atoms with Gasteiger partial charge in [0, 0.05) is 25.6 Å². The fourth-order valence-corrected chi connectivity index (χ4v) is 2.28. The summed E-state index contributed by atoms with van der Waals surface area (Å²) in [5, 5.41) is 3.38. The van der Waals surface area contributed by atoms with Gasteiger partial charge in [-0.15, -0.1) is 0 Å². The van der Waals surface area contributed by atoms with Crippen LogP contribution in [0, 0.1) is 0 Å². The molecule has 0 unspecified atom stereocenters. The van der Waals surface area contributed by atoms with Crippen LogP contribution in [0.5, 0.6) is 0 Å². The molecule has 1 aliphatic heterocycles. The molecule has 1 aliphatic rings. The number of likely N-dealkylation sites (tertiary alicyclic amines) is 1. The van der Waals surface area contributed by atoms with Crippen molar-refractivity contribution >= 4 is 23.2 Å². The topological polar surface area (TPSA) is 58.4 Å². The number of halogens is 1. The highest BCUT2D eigenvalue weighted by Gasteiger charge is 2.19. The first-order chi connectivity index (χ1) is 8.65. The van der Waals surface area contributed by atoms with Crippen molar-refractivity contribution in [2.45, 2.75) is 18.9 Å². The summed E-state index contributed by atoms with van der Waals surface area (Å²) in [5.41, 5.74) is 6.48. The number of amides is 1. The van der Waals surface area contributed by atoms with E-state index in [2.05, 4.69) is 10.2 Å². The van der Waals surface area contributed by atoms with Crippen LogP contribution in [0.25, 0.3) is 0 Å². The van der Waals surface area contributed by atoms with Crippen LogP contribution in [0.2, 0.25) is 5.02 Å². The molecule has 1 heterocycles. The molecule has 2 rings (SSSR count). The van der Waals surface area contributed by atoms with Gasteiger partial charge in [0.2, 0.25) is 5.91 Å². The van der Waals surface area contributed by atoms with E-state index in [0.717, 1.165) is 26.1 Å². The van der Waals surface area contributed by atoms with Crippen LogP contribution in [-0.4, -0.2) is 36.5 Å². The van der Waals surface area contributed by atoms with E-state index in [1.165, 1.54) is 0 Å². The zero-order chi connectivity index (χ0) is 13.0. The maximum absolute atomic E-state index is 11.8. The first-order valence-corrected chi connectivity index (χ1v) is 6.55. The predicted octanol–water partition coefficient (Wildman–Crippen LogP) is 1.70. The summed E-state index contributed by atoms with van der Waals surface area (Å²) in [6.45, 7) is 2.63. The minimum absolute atomic E-state index is 0.0106. The number of nitrogens with zero attached hydrogens (tertiary/aromatic N) is 1. The quantitative estimate of drug-likeness (QED) is 0.873. The van der Waals surface area contributed by atoms with Gasteiger partial charge in [0.05, 0.1) is 10.7 Å². The Balaban J connectivity index is 1.77. The number of nitrogens with one attached hydrogen (secondary N) is 1. The van der Waals surface area contributed by atoms with E-state index in [-0.39, 0.29) is 11.9 Å². The van der Waals surface area contributed by atoms with E-state index in [0.29, 0.717) is 17.1 Å². The van der Waals surface area contributed by atoms with Crippen molar-refractivity contribution < 1.29 is 4.79 Å². The molecule has 0 saturated carbocycles. The molecular formula is C13H18ClN3O. The SMILES string of the molecule is N[C@@H]1CCN(CCC(=O)Nc2ccccc2Cl)C1. The summed E-state index contributed by atoms with van der Waals surface area (Å²) in [6, 6.07) is 7.50. The third-order valence-electron chi connectivity index (χ3n) is 3.11. The van der Waals surface area contributed by atoms with E-state index in [1.807, 2.05) is 12.1 Å². The van der Waals surface area contributed by atoms with E-state index in [4.69, 9.17) is 17.3 Å². The Morgan fingerprint density at radius 2 is 2.28 bits per heavy atom. The van der Waals surface area contributed by atoms with Gasteiger partial charge in [-0.1, -0.05) is 23.7 Å². The summed E-state index contributed by atoms with van der Waals surface area (Å²) < 4.78 is 0. The fourth-order valence-electron chi connectivity index (χ4n) is 2.10. The van der Waals surface area contributed by atoms with Crippen molar-refractivity contribution in [1.82, 2.24) is 4.90 Å². The van der Waals surface area contributed by atoms with Gasteiger partial charge in [0.1, 0.15) is 0 Å². The molecule has 0 radical (unpaired) electrons. The molecule has 1 amide bonds. The summed E-state index contributed by atoms with van der Waals surface area (Å²) >= 11 is 5.97. The lowest BCUT2D eigenvalue weighted by Crippen LogP contribution is -2.29. The molecule has 5 heteroatoms. The average Bonchev–Trinajstić information content (AvgIpc) is 2.76. The molecule has 0 aliphatic carbocycles. The Labute approximate surface area is 112 Å². The molecule has 18 heavy (non-hydrogen) atoms. The van der Waals surface area contributed by atoms with Crippen LogP contribution in [-0.2, 0) is 4.79 Å².